The van der Waals surface area contributed by atoms with Crippen molar-refractivity contribution >= 4 is 5.69 Å². The molecule has 1 aromatic carbocycles. The summed E-state index contributed by atoms with van der Waals surface area (Å²) in [7, 11) is 0. The number of anilines is 1. The van der Waals surface area contributed by atoms with Crippen LogP contribution in [-0.4, -0.2) is 4.98 Å². The van der Waals surface area contributed by atoms with E-state index in [-0.39, 0.29) is 0 Å². The highest BCUT2D eigenvalue weighted by atomic mass is 16.5. The lowest BCUT2D eigenvalue weighted by atomic mass is 10.1. The molecule has 0 atom stereocenters. The number of benzene rings is 1. The number of rotatable bonds is 5. The predicted octanol–water partition coefficient (Wildman–Crippen LogP) is 3.80. The van der Waals surface area contributed by atoms with Crippen LogP contribution in [0.1, 0.15) is 25.3 Å². The fraction of sp³-hybridized carbons (Fsp3) is 0.267. The molecule has 94 valence electrons. The Labute approximate surface area is 108 Å². The second-order valence-corrected chi connectivity index (χ2v) is 4.30. The summed E-state index contributed by atoms with van der Waals surface area (Å²) in [6.45, 7) is 2.20. The molecule has 2 aromatic rings. The van der Waals surface area contributed by atoms with Crippen LogP contribution in [0.5, 0.6) is 11.5 Å². The van der Waals surface area contributed by atoms with E-state index in [1.165, 1.54) is 18.4 Å². The zero-order chi connectivity index (χ0) is 12.8. The summed E-state index contributed by atoms with van der Waals surface area (Å²) in [5.41, 5.74) is 7.59. The largest absolute Gasteiger partial charge is 0.456 e. The van der Waals surface area contributed by atoms with E-state index >= 15 is 0 Å². The molecule has 0 bridgehead atoms. The quantitative estimate of drug-likeness (QED) is 0.867. The van der Waals surface area contributed by atoms with Gasteiger partial charge in [0.15, 0.2) is 0 Å². The van der Waals surface area contributed by atoms with Gasteiger partial charge in [-0.05, 0) is 30.5 Å². The van der Waals surface area contributed by atoms with Crippen LogP contribution in [0, 0.1) is 0 Å². The third kappa shape index (κ3) is 3.48. The van der Waals surface area contributed by atoms with Gasteiger partial charge in [-0.3, -0.25) is 4.98 Å². The normalized spacial score (nSPS) is 10.3. The first-order valence-electron chi connectivity index (χ1n) is 6.25. The number of aryl methyl sites for hydroxylation is 1. The zero-order valence-corrected chi connectivity index (χ0v) is 10.6. The number of hydrogen-bond donors (Lipinski definition) is 1. The van der Waals surface area contributed by atoms with Crippen molar-refractivity contribution in [3.05, 3.63) is 48.3 Å². The van der Waals surface area contributed by atoms with Gasteiger partial charge in [0.05, 0.1) is 18.1 Å². The van der Waals surface area contributed by atoms with Crippen LogP contribution in [0.25, 0.3) is 0 Å². The van der Waals surface area contributed by atoms with Gasteiger partial charge in [-0.15, -0.1) is 0 Å². The maximum Gasteiger partial charge on any atom is 0.147 e. The van der Waals surface area contributed by atoms with Gasteiger partial charge in [-0.2, -0.15) is 0 Å². The Kier molecular flexibility index (Phi) is 4.18. The van der Waals surface area contributed by atoms with Gasteiger partial charge < -0.3 is 10.5 Å². The molecule has 0 unspecified atom stereocenters. The van der Waals surface area contributed by atoms with Crippen molar-refractivity contribution in [1.82, 2.24) is 4.98 Å². The van der Waals surface area contributed by atoms with Crippen LogP contribution in [-0.2, 0) is 6.42 Å². The Bertz CT molecular complexity index is 494. The SMILES string of the molecule is CCCCc1ccc(Oc2cncc(N)c2)cc1. The van der Waals surface area contributed by atoms with Gasteiger partial charge in [-0.25, -0.2) is 0 Å². The van der Waals surface area contributed by atoms with E-state index in [1.54, 1.807) is 18.5 Å². The fourth-order valence-corrected chi connectivity index (χ4v) is 1.73. The van der Waals surface area contributed by atoms with Gasteiger partial charge in [0.2, 0.25) is 0 Å². The van der Waals surface area contributed by atoms with E-state index < -0.39 is 0 Å². The Balaban J connectivity index is 2.02. The highest BCUT2D eigenvalue weighted by Crippen LogP contribution is 2.22. The number of nitrogens with zero attached hydrogens (tertiary/aromatic N) is 1. The molecular formula is C15H18N2O. The molecule has 2 rings (SSSR count). The average Bonchev–Trinajstić information content (AvgIpc) is 2.38. The van der Waals surface area contributed by atoms with Gasteiger partial charge in [0.1, 0.15) is 11.5 Å². The summed E-state index contributed by atoms with van der Waals surface area (Å²) in [4.78, 5) is 3.99. The first-order chi connectivity index (χ1) is 8.78. The standard InChI is InChI=1S/C15H18N2O/c1-2-3-4-12-5-7-14(8-6-12)18-15-9-13(16)10-17-11-15/h5-11H,2-4,16H2,1H3. The number of unbranched alkanes of at least 4 members (excludes halogenated alkanes) is 1. The molecular weight excluding hydrogens is 224 g/mol. The Morgan fingerprint density at radius 2 is 1.89 bits per heavy atom. The number of pyridine rings is 1. The van der Waals surface area contributed by atoms with E-state index in [0.29, 0.717) is 11.4 Å². The van der Waals surface area contributed by atoms with Crippen molar-refractivity contribution in [1.29, 1.82) is 0 Å². The summed E-state index contributed by atoms with van der Waals surface area (Å²) in [6.07, 6.45) is 6.81. The van der Waals surface area contributed by atoms with E-state index in [2.05, 4.69) is 24.0 Å². The minimum Gasteiger partial charge on any atom is -0.456 e. The fourth-order valence-electron chi connectivity index (χ4n) is 1.73. The van der Waals surface area contributed by atoms with Gasteiger partial charge in [-0.1, -0.05) is 25.5 Å². The molecule has 0 radical (unpaired) electrons. The predicted molar refractivity (Wildman–Crippen MR) is 73.8 cm³/mol. The molecule has 1 aromatic heterocycles. The number of nitrogen functional groups attached to an aromatic ring is 1. The van der Waals surface area contributed by atoms with Crippen LogP contribution >= 0.6 is 0 Å². The monoisotopic (exact) mass is 242 g/mol. The van der Waals surface area contributed by atoms with Crippen LogP contribution in [0.3, 0.4) is 0 Å². The van der Waals surface area contributed by atoms with Crippen LogP contribution < -0.4 is 10.5 Å². The van der Waals surface area contributed by atoms with Crippen molar-refractivity contribution < 1.29 is 4.74 Å². The molecule has 1 heterocycles. The van der Waals surface area contributed by atoms with E-state index in [1.807, 2.05) is 12.1 Å². The van der Waals surface area contributed by atoms with Crippen molar-refractivity contribution in [3.63, 3.8) is 0 Å². The molecule has 18 heavy (non-hydrogen) atoms. The van der Waals surface area contributed by atoms with Crippen molar-refractivity contribution in [2.45, 2.75) is 26.2 Å². The average molecular weight is 242 g/mol. The van der Waals surface area contributed by atoms with Crippen LogP contribution in [0.15, 0.2) is 42.7 Å². The highest BCUT2D eigenvalue weighted by molar-refractivity contribution is 5.42. The number of nitrogens with two attached hydrogens (primary N) is 1. The van der Waals surface area contributed by atoms with Gasteiger partial charge >= 0.3 is 0 Å². The topological polar surface area (TPSA) is 48.1 Å². The minimum absolute atomic E-state index is 0.604. The molecule has 3 nitrogen and oxygen atoms in total. The Morgan fingerprint density at radius 3 is 2.56 bits per heavy atom. The molecule has 0 amide bonds. The third-order valence-electron chi connectivity index (χ3n) is 2.71. The Morgan fingerprint density at radius 1 is 1.11 bits per heavy atom. The summed E-state index contributed by atoms with van der Waals surface area (Å²) >= 11 is 0. The molecule has 2 N–H and O–H groups in total. The van der Waals surface area contributed by atoms with Crippen molar-refractivity contribution in [2.75, 3.05) is 5.73 Å². The summed E-state index contributed by atoms with van der Waals surface area (Å²) in [5, 5.41) is 0. The molecule has 0 fully saturated rings. The van der Waals surface area contributed by atoms with E-state index in [4.69, 9.17) is 10.5 Å². The van der Waals surface area contributed by atoms with Gasteiger partial charge in [0.25, 0.3) is 0 Å². The van der Waals surface area contributed by atoms with Crippen molar-refractivity contribution in [2.24, 2.45) is 0 Å². The Hall–Kier alpha value is -2.03. The van der Waals surface area contributed by atoms with Crippen LogP contribution in [0.2, 0.25) is 0 Å². The second kappa shape index (κ2) is 6.05. The second-order valence-electron chi connectivity index (χ2n) is 4.30. The molecule has 0 aliphatic rings. The first-order valence-corrected chi connectivity index (χ1v) is 6.25. The summed E-state index contributed by atoms with van der Waals surface area (Å²) < 4.78 is 5.68. The maximum absolute atomic E-state index is 5.68. The first kappa shape index (κ1) is 12.4. The van der Waals surface area contributed by atoms with Crippen molar-refractivity contribution in [3.8, 4) is 11.5 Å². The number of aromatic nitrogens is 1. The number of hydrogen-bond acceptors (Lipinski definition) is 3. The molecule has 0 aliphatic heterocycles. The lowest BCUT2D eigenvalue weighted by Crippen LogP contribution is -1.90. The van der Waals surface area contributed by atoms with E-state index in [9.17, 15) is 0 Å². The maximum atomic E-state index is 5.68. The molecule has 3 heteroatoms. The number of ether oxygens (including phenoxy) is 1. The zero-order valence-electron chi connectivity index (χ0n) is 10.6. The molecule has 0 saturated carbocycles. The molecule has 0 saturated heterocycles. The molecule has 0 aliphatic carbocycles. The van der Waals surface area contributed by atoms with E-state index in [0.717, 1.165) is 12.2 Å². The summed E-state index contributed by atoms with van der Waals surface area (Å²) in [6, 6.07) is 9.93. The lowest BCUT2D eigenvalue weighted by Gasteiger charge is -2.06. The highest BCUT2D eigenvalue weighted by Gasteiger charge is 1.99. The third-order valence-corrected chi connectivity index (χ3v) is 2.71. The smallest absolute Gasteiger partial charge is 0.147 e. The summed E-state index contributed by atoms with van der Waals surface area (Å²) in [5.74, 6) is 1.47. The minimum atomic E-state index is 0.604. The van der Waals surface area contributed by atoms with Gasteiger partial charge in [0, 0.05) is 6.07 Å². The lowest BCUT2D eigenvalue weighted by molar-refractivity contribution is 0.480. The molecule has 0 spiro atoms. The van der Waals surface area contributed by atoms with Crippen LogP contribution in [0.4, 0.5) is 5.69 Å².